The summed E-state index contributed by atoms with van der Waals surface area (Å²) in [5.74, 6) is -2.92. The summed E-state index contributed by atoms with van der Waals surface area (Å²) >= 11 is 0.985. The van der Waals surface area contributed by atoms with Crippen molar-refractivity contribution in [2.24, 2.45) is 23.9 Å². The summed E-state index contributed by atoms with van der Waals surface area (Å²) < 4.78 is 43.1. The van der Waals surface area contributed by atoms with Crippen LogP contribution in [0.15, 0.2) is 47.2 Å². The molecule has 47 heavy (non-hydrogen) atoms. The average molecular weight is 693 g/mol. The lowest BCUT2D eigenvalue weighted by molar-refractivity contribution is -0.682. The van der Waals surface area contributed by atoms with Crippen molar-refractivity contribution in [2.75, 3.05) is 18.9 Å². The maximum absolute atomic E-state index is 13.3. The normalized spacial score (nSPS) is 16.8. The second kappa shape index (κ2) is 14.5. The number of aryl methyl sites for hydroxylation is 2. The molecule has 4 rings (SSSR count). The minimum atomic E-state index is -4.99. The number of carboxylic acids is 1. The van der Waals surface area contributed by atoms with Crippen molar-refractivity contribution in [3.8, 4) is 16.9 Å². The van der Waals surface area contributed by atoms with Crippen LogP contribution in [-0.4, -0.2) is 81.3 Å². The fourth-order valence-corrected chi connectivity index (χ4v) is 5.67. The van der Waals surface area contributed by atoms with Gasteiger partial charge in [0.05, 0.1) is 30.5 Å². The molecule has 19 heteroatoms. The molecular weight excluding hydrogens is 658 g/mol. The molecule has 17 nitrogen and oxygen atoms in total. The maximum atomic E-state index is 13.3. The third-order valence-electron chi connectivity index (χ3n) is 7.29. The Morgan fingerprint density at radius 3 is 2.49 bits per heavy atom. The number of oxime groups is 1. The van der Waals surface area contributed by atoms with Gasteiger partial charge in [0.2, 0.25) is 0 Å². The van der Waals surface area contributed by atoms with Crippen molar-refractivity contribution in [2.45, 2.75) is 44.8 Å². The number of carboxylic acid groups (broad SMARTS) is 1. The van der Waals surface area contributed by atoms with Crippen LogP contribution in [-0.2, 0) is 47.4 Å². The van der Waals surface area contributed by atoms with Crippen LogP contribution in [0, 0.1) is 5.92 Å². The summed E-state index contributed by atoms with van der Waals surface area (Å²) in [6.45, 7) is 2.94. The summed E-state index contributed by atoms with van der Waals surface area (Å²) in [6.07, 6.45) is 3.14. The van der Waals surface area contributed by atoms with E-state index in [2.05, 4.69) is 19.4 Å². The molecule has 0 unspecified atom stereocenters. The lowest BCUT2D eigenvalue weighted by Crippen LogP contribution is -2.68. The van der Waals surface area contributed by atoms with Gasteiger partial charge in [0.1, 0.15) is 24.2 Å². The number of nitrogens with zero attached hydrogens (tertiary/aromatic N) is 5. The van der Waals surface area contributed by atoms with Crippen LogP contribution in [0.4, 0.5) is 5.13 Å². The number of β-lactam (4-membered cyclic amide) rings is 1. The first-order chi connectivity index (χ1) is 22.1. The number of aromatic nitrogens is 3. The number of nitrogen functional groups attached to an aromatic ring is 1. The summed E-state index contributed by atoms with van der Waals surface area (Å²) in [4.78, 5) is 51.6. The van der Waals surface area contributed by atoms with Crippen molar-refractivity contribution in [1.82, 2.24) is 15.0 Å². The minimum absolute atomic E-state index is 0.0240. The van der Waals surface area contributed by atoms with Gasteiger partial charge in [0.15, 0.2) is 22.8 Å². The smallest absolute Gasteiger partial charge is 0.418 e. The number of hydrogen-bond donors (Lipinski definition) is 4. The zero-order valence-corrected chi connectivity index (χ0v) is 27.2. The molecule has 1 aliphatic rings. The molecule has 0 aliphatic carbocycles. The molecule has 6 N–H and O–H groups in total. The van der Waals surface area contributed by atoms with Gasteiger partial charge in [-0.15, -0.1) is 15.6 Å². The van der Waals surface area contributed by atoms with Gasteiger partial charge < -0.3 is 26.1 Å². The van der Waals surface area contributed by atoms with Crippen LogP contribution in [0.3, 0.4) is 0 Å². The number of aliphatic carboxylic acids is 1. The van der Waals surface area contributed by atoms with Crippen molar-refractivity contribution < 1.29 is 50.9 Å². The largest absolute Gasteiger partial charge is 0.489 e. The Kier molecular flexibility index (Phi) is 10.9. The van der Waals surface area contributed by atoms with Crippen LogP contribution in [0.5, 0.6) is 5.75 Å². The number of hydrogen-bond acceptors (Lipinski definition) is 14. The SMILES string of the molecule is C[n+]1cc(-c2ccc(OC[C@H](O/N=C(\C(=O)C[C@@H]3C(=O)N(OS(=O)(=O)O)C3(C)C)c3csc(N)n3)C(=O)O)cc2)cnc1CCCN. The molecule has 2 atom stereocenters. The number of hydroxylamine groups is 2. The highest BCUT2D eigenvalue weighted by Crippen LogP contribution is 2.40. The molecule has 1 aromatic carbocycles. The van der Waals surface area contributed by atoms with E-state index in [0.29, 0.717) is 17.4 Å². The van der Waals surface area contributed by atoms with Gasteiger partial charge >= 0.3 is 16.4 Å². The Morgan fingerprint density at radius 1 is 1.23 bits per heavy atom. The fraction of sp³-hybridized carbons (Fsp3) is 0.393. The molecule has 0 bridgehead atoms. The topological polar surface area (TPSA) is 251 Å². The highest BCUT2D eigenvalue weighted by atomic mass is 32.3. The highest BCUT2D eigenvalue weighted by Gasteiger charge is 2.57. The number of thiazole rings is 1. The van der Waals surface area contributed by atoms with E-state index in [1.54, 1.807) is 30.5 Å². The number of amides is 1. The van der Waals surface area contributed by atoms with Gasteiger partial charge in [-0.3, -0.25) is 14.1 Å². The average Bonchev–Trinajstić information content (AvgIpc) is 3.44. The predicted molar refractivity (Wildman–Crippen MR) is 166 cm³/mol. The third-order valence-corrected chi connectivity index (χ3v) is 8.31. The molecule has 1 saturated heterocycles. The fourth-order valence-electron chi connectivity index (χ4n) is 4.67. The van der Waals surface area contributed by atoms with Crippen molar-refractivity contribution in [3.05, 3.63) is 53.6 Å². The third kappa shape index (κ3) is 8.63. The lowest BCUT2D eigenvalue weighted by atomic mass is 9.74. The van der Waals surface area contributed by atoms with Gasteiger partial charge in [0.25, 0.3) is 17.8 Å². The Bertz CT molecular complexity index is 1780. The van der Waals surface area contributed by atoms with E-state index in [9.17, 15) is 27.9 Å². The zero-order valence-electron chi connectivity index (χ0n) is 25.6. The van der Waals surface area contributed by atoms with E-state index < -0.39 is 64.4 Å². The summed E-state index contributed by atoms with van der Waals surface area (Å²) in [5, 5.41) is 15.4. The molecule has 0 radical (unpaired) electrons. The second-order valence-corrected chi connectivity index (χ2v) is 12.9. The first-order valence-corrected chi connectivity index (χ1v) is 16.3. The standard InChI is InChI=1S/C28H33N7O10S2/c1-28(2)19(25(37)35(28)45-47(40,41)42)11-21(36)24(20-15-46-27(30)32-20)33-44-22(26(38)39)14-43-18-8-6-16(7-9-18)17-12-31-23(5-4-10-29)34(3)13-17/h6-9,12-13,15,19,22H,4-5,10-11,14,29H2,1-3H3,(H3-,30,32,38,39,40,41,42)/p+1/b33-24-/t19-,22+/m1/s1. The Hall–Kier alpha value is -4.56. The Labute approximate surface area is 273 Å². The number of Topliss-reactive ketones (excluding diaryl/α,β-unsaturated/α-hetero) is 1. The Balaban J connectivity index is 1.44. The number of nitrogens with two attached hydrogens (primary N) is 2. The van der Waals surface area contributed by atoms with Gasteiger partial charge in [-0.25, -0.2) is 14.3 Å². The van der Waals surface area contributed by atoms with E-state index >= 15 is 0 Å². The van der Waals surface area contributed by atoms with Crippen LogP contribution in [0.1, 0.15) is 38.2 Å². The van der Waals surface area contributed by atoms with Gasteiger partial charge in [0, 0.05) is 11.8 Å². The number of rotatable bonds is 16. The summed E-state index contributed by atoms with van der Waals surface area (Å²) in [6, 6.07) is 6.88. The molecule has 252 valence electrons. The molecule has 1 amide bonds. The van der Waals surface area contributed by atoms with E-state index in [1.165, 1.54) is 19.2 Å². The number of benzene rings is 1. The van der Waals surface area contributed by atoms with Gasteiger partial charge in [-0.05, 0) is 44.5 Å². The van der Waals surface area contributed by atoms with E-state index in [-0.39, 0.29) is 10.8 Å². The lowest BCUT2D eigenvalue weighted by Gasteiger charge is -2.50. The molecule has 1 aliphatic heterocycles. The zero-order chi connectivity index (χ0) is 34.5. The second-order valence-electron chi connectivity index (χ2n) is 11.0. The molecule has 1 fully saturated rings. The number of carbonyl (C=O) groups is 3. The minimum Gasteiger partial charge on any atom is -0.489 e. The maximum Gasteiger partial charge on any atom is 0.418 e. The van der Waals surface area contributed by atoms with E-state index in [1.807, 2.05) is 17.8 Å². The molecule has 3 heterocycles. The predicted octanol–water partition coefficient (Wildman–Crippen LogP) is 0.687. The molecular formula is C28H34N7O10S2+. The molecule has 0 saturated carbocycles. The number of ether oxygens (including phenoxy) is 1. The first-order valence-electron chi connectivity index (χ1n) is 14.1. The number of anilines is 1. The summed E-state index contributed by atoms with van der Waals surface area (Å²) in [5.41, 5.74) is 11.3. The monoisotopic (exact) mass is 692 g/mol. The van der Waals surface area contributed by atoms with Crippen LogP contribution >= 0.6 is 11.3 Å². The first kappa shape index (κ1) is 35.3. The van der Waals surface area contributed by atoms with Gasteiger partial charge in [-0.2, -0.15) is 13.5 Å². The molecule has 0 spiro atoms. The van der Waals surface area contributed by atoms with Crippen LogP contribution < -0.4 is 20.8 Å². The number of carbonyl (C=O) groups excluding carboxylic acids is 2. The van der Waals surface area contributed by atoms with E-state index in [0.717, 1.165) is 41.1 Å². The molecule has 3 aromatic rings. The number of ketones is 1. The van der Waals surface area contributed by atoms with Gasteiger partial charge in [-0.1, -0.05) is 22.3 Å². The summed E-state index contributed by atoms with van der Waals surface area (Å²) in [7, 11) is -3.09. The van der Waals surface area contributed by atoms with E-state index in [4.69, 9.17) is 25.6 Å². The van der Waals surface area contributed by atoms with Crippen molar-refractivity contribution >= 4 is 50.2 Å². The van der Waals surface area contributed by atoms with Crippen LogP contribution in [0.2, 0.25) is 0 Å². The van der Waals surface area contributed by atoms with Crippen LogP contribution in [0.25, 0.3) is 11.1 Å². The van der Waals surface area contributed by atoms with Crippen molar-refractivity contribution in [3.63, 3.8) is 0 Å². The molecule has 2 aromatic heterocycles. The quantitative estimate of drug-likeness (QED) is 0.0530. The Morgan fingerprint density at radius 2 is 1.94 bits per heavy atom. The highest BCUT2D eigenvalue weighted by molar-refractivity contribution is 7.80. The van der Waals surface area contributed by atoms with Crippen molar-refractivity contribution in [1.29, 1.82) is 0 Å².